The number of hydrogen-bond acceptors (Lipinski definition) is 5. The van der Waals surface area contributed by atoms with Crippen molar-refractivity contribution in [2.75, 3.05) is 11.6 Å². The summed E-state index contributed by atoms with van der Waals surface area (Å²) in [5, 5.41) is 3.52. The van der Waals surface area contributed by atoms with E-state index in [2.05, 4.69) is 31.8 Å². The van der Waals surface area contributed by atoms with Crippen molar-refractivity contribution < 1.29 is 4.79 Å². The molecule has 0 saturated carbocycles. The van der Waals surface area contributed by atoms with Crippen molar-refractivity contribution >= 4 is 34.4 Å². The van der Waals surface area contributed by atoms with Gasteiger partial charge in [0.25, 0.3) is 5.91 Å². The number of aromatic nitrogens is 4. The molecule has 6 nitrogen and oxygen atoms in total. The SMILES string of the molecule is CCCc1nc2cc(NC(=O)c3cnc(SC)nc3)ccc2n1C. The summed E-state index contributed by atoms with van der Waals surface area (Å²) in [5.74, 6) is 0.823. The van der Waals surface area contributed by atoms with Crippen LogP contribution in [0.2, 0.25) is 0 Å². The molecule has 124 valence electrons. The number of amides is 1. The lowest BCUT2D eigenvalue weighted by Gasteiger charge is -2.05. The van der Waals surface area contributed by atoms with Crippen LogP contribution in [-0.2, 0) is 13.5 Å². The molecule has 24 heavy (non-hydrogen) atoms. The number of fused-ring (bicyclic) bond motifs is 1. The highest BCUT2D eigenvalue weighted by Crippen LogP contribution is 2.21. The molecule has 2 heterocycles. The van der Waals surface area contributed by atoms with Crippen molar-refractivity contribution in [3.05, 3.63) is 42.0 Å². The first-order valence-corrected chi connectivity index (χ1v) is 8.97. The summed E-state index contributed by atoms with van der Waals surface area (Å²) in [6, 6.07) is 5.75. The van der Waals surface area contributed by atoms with Crippen LogP contribution in [0.5, 0.6) is 0 Å². The lowest BCUT2D eigenvalue weighted by molar-refractivity contribution is 0.102. The minimum Gasteiger partial charge on any atom is -0.331 e. The number of aryl methyl sites for hydroxylation is 2. The van der Waals surface area contributed by atoms with Crippen LogP contribution in [-0.4, -0.2) is 31.7 Å². The first-order chi connectivity index (χ1) is 11.6. The Bertz CT molecular complexity index is 873. The van der Waals surface area contributed by atoms with Gasteiger partial charge in [0.15, 0.2) is 5.16 Å². The third-order valence-electron chi connectivity index (χ3n) is 3.78. The lowest BCUT2D eigenvalue weighted by atomic mass is 10.2. The van der Waals surface area contributed by atoms with Crippen LogP contribution in [0.1, 0.15) is 29.5 Å². The second-order valence-electron chi connectivity index (χ2n) is 5.45. The Morgan fingerprint density at radius 3 is 2.71 bits per heavy atom. The van der Waals surface area contributed by atoms with E-state index in [4.69, 9.17) is 0 Å². The van der Waals surface area contributed by atoms with Crippen LogP contribution < -0.4 is 5.32 Å². The van der Waals surface area contributed by atoms with Gasteiger partial charge in [0, 0.05) is 31.5 Å². The van der Waals surface area contributed by atoms with Crippen molar-refractivity contribution in [1.29, 1.82) is 0 Å². The minimum atomic E-state index is -0.230. The predicted octanol–water partition coefficient (Wildman–Crippen LogP) is 3.29. The number of anilines is 1. The number of carbonyl (C=O) groups is 1. The highest BCUT2D eigenvalue weighted by Gasteiger charge is 2.11. The number of nitrogens with one attached hydrogen (secondary N) is 1. The summed E-state index contributed by atoms with van der Waals surface area (Å²) in [6.45, 7) is 2.13. The van der Waals surface area contributed by atoms with Gasteiger partial charge < -0.3 is 9.88 Å². The Labute approximate surface area is 144 Å². The number of hydrogen-bond donors (Lipinski definition) is 1. The number of thioether (sulfide) groups is 1. The van der Waals surface area contributed by atoms with Crippen LogP contribution in [0.25, 0.3) is 11.0 Å². The molecule has 1 amide bonds. The molecule has 0 fully saturated rings. The monoisotopic (exact) mass is 341 g/mol. The van der Waals surface area contributed by atoms with E-state index < -0.39 is 0 Å². The first-order valence-electron chi connectivity index (χ1n) is 7.75. The summed E-state index contributed by atoms with van der Waals surface area (Å²) in [6.07, 6.45) is 6.95. The van der Waals surface area contributed by atoms with Crippen LogP contribution >= 0.6 is 11.8 Å². The Kier molecular flexibility index (Phi) is 4.80. The Morgan fingerprint density at radius 1 is 1.29 bits per heavy atom. The lowest BCUT2D eigenvalue weighted by Crippen LogP contribution is -2.12. The highest BCUT2D eigenvalue weighted by molar-refractivity contribution is 7.98. The van der Waals surface area contributed by atoms with Gasteiger partial charge >= 0.3 is 0 Å². The molecule has 0 aliphatic carbocycles. The van der Waals surface area contributed by atoms with E-state index in [1.54, 1.807) is 0 Å². The fourth-order valence-corrected chi connectivity index (χ4v) is 2.83. The quantitative estimate of drug-likeness (QED) is 0.569. The van der Waals surface area contributed by atoms with Gasteiger partial charge in [-0.15, -0.1) is 0 Å². The van der Waals surface area contributed by atoms with Crippen LogP contribution in [0.15, 0.2) is 35.7 Å². The van der Waals surface area contributed by atoms with Crippen molar-refractivity contribution in [3.63, 3.8) is 0 Å². The van der Waals surface area contributed by atoms with Crippen molar-refractivity contribution in [3.8, 4) is 0 Å². The van der Waals surface area contributed by atoms with E-state index in [0.29, 0.717) is 16.4 Å². The van der Waals surface area contributed by atoms with Gasteiger partial charge in [0.05, 0.1) is 16.6 Å². The first kappa shape index (κ1) is 16.4. The number of nitrogens with zero attached hydrogens (tertiary/aromatic N) is 4. The summed E-state index contributed by atoms with van der Waals surface area (Å²) in [4.78, 5) is 25.2. The largest absolute Gasteiger partial charge is 0.331 e. The number of imidazole rings is 1. The van der Waals surface area contributed by atoms with Crippen molar-refractivity contribution in [1.82, 2.24) is 19.5 Å². The molecule has 3 aromatic rings. The molecule has 1 N–H and O–H groups in total. The molecule has 0 saturated heterocycles. The Morgan fingerprint density at radius 2 is 2.04 bits per heavy atom. The Hall–Kier alpha value is -2.41. The molecule has 0 spiro atoms. The second kappa shape index (κ2) is 7.00. The van der Waals surface area contributed by atoms with E-state index >= 15 is 0 Å². The number of rotatable bonds is 5. The predicted molar refractivity (Wildman–Crippen MR) is 96.5 cm³/mol. The third-order valence-corrected chi connectivity index (χ3v) is 4.35. The van der Waals surface area contributed by atoms with Crippen molar-refractivity contribution in [2.24, 2.45) is 7.05 Å². The highest BCUT2D eigenvalue weighted by atomic mass is 32.2. The van der Waals surface area contributed by atoms with Crippen molar-refractivity contribution in [2.45, 2.75) is 24.9 Å². The maximum absolute atomic E-state index is 12.3. The van der Waals surface area contributed by atoms with Gasteiger partial charge in [0.2, 0.25) is 0 Å². The van der Waals surface area contributed by atoms with E-state index in [1.807, 2.05) is 31.5 Å². The van der Waals surface area contributed by atoms with Crippen LogP contribution in [0.4, 0.5) is 5.69 Å². The normalized spacial score (nSPS) is 11.0. The molecule has 2 aromatic heterocycles. The maximum Gasteiger partial charge on any atom is 0.258 e. The average molecular weight is 341 g/mol. The van der Waals surface area contributed by atoms with E-state index in [9.17, 15) is 4.79 Å². The van der Waals surface area contributed by atoms with Crippen LogP contribution in [0.3, 0.4) is 0 Å². The Balaban J connectivity index is 1.82. The average Bonchev–Trinajstić information content (AvgIpc) is 2.91. The minimum absolute atomic E-state index is 0.230. The topological polar surface area (TPSA) is 72.7 Å². The van der Waals surface area contributed by atoms with Gasteiger partial charge in [-0.3, -0.25) is 4.79 Å². The summed E-state index contributed by atoms with van der Waals surface area (Å²) >= 11 is 1.44. The maximum atomic E-state index is 12.3. The molecule has 0 radical (unpaired) electrons. The molecule has 0 aliphatic rings. The number of carbonyl (C=O) groups excluding carboxylic acids is 1. The van der Waals surface area contributed by atoms with E-state index in [0.717, 1.165) is 29.7 Å². The summed E-state index contributed by atoms with van der Waals surface area (Å²) in [5.41, 5.74) is 3.08. The molecular formula is C17H19N5OS. The van der Waals surface area contributed by atoms with E-state index in [1.165, 1.54) is 24.2 Å². The zero-order chi connectivity index (χ0) is 17.1. The zero-order valence-corrected chi connectivity index (χ0v) is 14.7. The van der Waals surface area contributed by atoms with Gasteiger partial charge in [-0.25, -0.2) is 15.0 Å². The zero-order valence-electron chi connectivity index (χ0n) is 13.9. The molecule has 3 rings (SSSR count). The molecule has 0 atom stereocenters. The molecule has 7 heteroatoms. The standard InChI is InChI=1S/C17H19N5OS/c1-4-5-15-21-13-8-12(6-7-14(13)22(15)2)20-16(23)11-9-18-17(24-3)19-10-11/h6-10H,4-5H2,1-3H3,(H,20,23). The number of benzene rings is 1. The fraction of sp³-hybridized carbons (Fsp3) is 0.294. The van der Waals surface area contributed by atoms with E-state index in [-0.39, 0.29) is 5.91 Å². The van der Waals surface area contributed by atoms with Gasteiger partial charge in [-0.2, -0.15) is 0 Å². The van der Waals surface area contributed by atoms with Gasteiger partial charge in [-0.05, 0) is 30.9 Å². The summed E-state index contributed by atoms with van der Waals surface area (Å²) in [7, 11) is 2.02. The molecule has 0 unspecified atom stereocenters. The third kappa shape index (κ3) is 3.26. The molecular weight excluding hydrogens is 322 g/mol. The second-order valence-corrected chi connectivity index (χ2v) is 6.23. The fourth-order valence-electron chi connectivity index (χ4n) is 2.52. The molecule has 0 aliphatic heterocycles. The van der Waals surface area contributed by atoms with Gasteiger partial charge in [0.1, 0.15) is 5.82 Å². The molecule has 1 aromatic carbocycles. The smallest absolute Gasteiger partial charge is 0.258 e. The van der Waals surface area contributed by atoms with Gasteiger partial charge in [-0.1, -0.05) is 18.7 Å². The summed E-state index contributed by atoms with van der Waals surface area (Å²) < 4.78 is 2.10. The van der Waals surface area contributed by atoms with Crippen LogP contribution in [0, 0.1) is 0 Å². The molecule has 0 bridgehead atoms.